The van der Waals surface area contributed by atoms with Crippen LogP contribution in [0.3, 0.4) is 0 Å². The summed E-state index contributed by atoms with van der Waals surface area (Å²) in [5.74, 6) is 0. The average molecular weight is 214 g/mol. The van der Waals surface area contributed by atoms with E-state index in [9.17, 15) is 0 Å². The van der Waals surface area contributed by atoms with E-state index in [1.807, 2.05) is 6.08 Å². The summed E-state index contributed by atoms with van der Waals surface area (Å²) in [6.45, 7) is 19.9. The summed E-state index contributed by atoms with van der Waals surface area (Å²) in [5.41, 5.74) is 5.55. The van der Waals surface area contributed by atoms with Crippen molar-refractivity contribution >= 4 is 0 Å². The fourth-order valence-electron chi connectivity index (χ4n) is 1.10. The van der Waals surface area contributed by atoms with Crippen molar-refractivity contribution in [2.24, 2.45) is 0 Å². The fourth-order valence-corrected chi connectivity index (χ4v) is 1.10. The van der Waals surface area contributed by atoms with Gasteiger partial charge in [-0.05, 0) is 44.4 Å². The Hall–Kier alpha value is -1.56. The quantitative estimate of drug-likeness (QED) is 0.556. The second-order valence-corrected chi connectivity index (χ2v) is 4.26. The monoisotopic (exact) mass is 214 g/mol. The van der Waals surface area contributed by atoms with Crippen LogP contribution in [-0.4, -0.2) is 0 Å². The maximum atomic E-state index is 3.94. The van der Waals surface area contributed by atoms with Crippen molar-refractivity contribution in [2.75, 3.05) is 0 Å². The molecule has 0 amide bonds. The van der Waals surface area contributed by atoms with Crippen LogP contribution in [0.4, 0.5) is 0 Å². The number of hydrogen-bond donors (Lipinski definition) is 0. The summed E-state index contributed by atoms with van der Waals surface area (Å²) in [6, 6.07) is 0. The second kappa shape index (κ2) is 6.84. The lowest BCUT2D eigenvalue weighted by atomic mass is 10.0. The average Bonchev–Trinajstić information content (AvgIpc) is 2.21. The molecule has 0 spiro atoms. The highest BCUT2D eigenvalue weighted by atomic mass is 14.0. The van der Waals surface area contributed by atoms with Gasteiger partial charge in [0.05, 0.1) is 0 Å². The predicted molar refractivity (Wildman–Crippen MR) is 75.4 cm³/mol. The summed E-state index contributed by atoms with van der Waals surface area (Å²) >= 11 is 0. The summed E-state index contributed by atoms with van der Waals surface area (Å²) in [5, 5.41) is 0. The predicted octanol–water partition coefficient (Wildman–Crippen LogP) is 5.14. The third kappa shape index (κ3) is 5.35. The summed E-state index contributed by atoms with van der Waals surface area (Å²) in [4.78, 5) is 0. The van der Waals surface area contributed by atoms with Crippen LogP contribution < -0.4 is 0 Å². The summed E-state index contributed by atoms with van der Waals surface area (Å²) in [6.07, 6.45) is 7.93. The van der Waals surface area contributed by atoms with E-state index in [1.54, 1.807) is 6.08 Å². The van der Waals surface area contributed by atoms with Gasteiger partial charge in [-0.1, -0.05) is 55.2 Å². The standard InChI is InChI=1S/C16H22/c1-8-14(6)15(7)9-10-16(13(4)5)11-12(2)3/h8-11H,1,6-7H2,2-5H3/b10-9-. The molecule has 0 aromatic heterocycles. The molecule has 0 aliphatic heterocycles. The van der Waals surface area contributed by atoms with Crippen LogP contribution in [0.5, 0.6) is 0 Å². The van der Waals surface area contributed by atoms with Gasteiger partial charge in [-0.3, -0.25) is 0 Å². The van der Waals surface area contributed by atoms with Gasteiger partial charge < -0.3 is 0 Å². The van der Waals surface area contributed by atoms with Gasteiger partial charge in [0.2, 0.25) is 0 Å². The topological polar surface area (TPSA) is 0 Å². The Morgan fingerprint density at radius 1 is 0.875 bits per heavy atom. The Morgan fingerprint density at radius 3 is 1.81 bits per heavy atom. The van der Waals surface area contributed by atoms with E-state index in [-0.39, 0.29) is 0 Å². The first-order valence-corrected chi connectivity index (χ1v) is 5.39. The van der Waals surface area contributed by atoms with Crippen LogP contribution in [0, 0.1) is 0 Å². The lowest BCUT2D eigenvalue weighted by Gasteiger charge is -2.02. The molecule has 0 heteroatoms. The highest BCUT2D eigenvalue weighted by Crippen LogP contribution is 2.13. The summed E-state index contributed by atoms with van der Waals surface area (Å²) in [7, 11) is 0. The minimum atomic E-state index is 0.863. The second-order valence-electron chi connectivity index (χ2n) is 4.26. The SMILES string of the molecule is C=CC(=C)C(=C)/C=C\C(C=C(C)C)=C(C)C. The number of hydrogen-bond acceptors (Lipinski definition) is 0. The molecule has 0 saturated heterocycles. The highest BCUT2D eigenvalue weighted by Gasteiger charge is 1.93. The molecule has 0 saturated carbocycles. The molecule has 0 unspecified atom stereocenters. The smallest absolute Gasteiger partial charge is 0.0262 e. The molecule has 0 aliphatic carbocycles. The molecule has 0 bridgehead atoms. The van der Waals surface area contributed by atoms with Crippen molar-refractivity contribution in [3.8, 4) is 0 Å². The molecular weight excluding hydrogens is 192 g/mol. The largest absolute Gasteiger partial charge is 0.0985 e. The molecule has 0 atom stereocenters. The molecule has 16 heavy (non-hydrogen) atoms. The number of rotatable bonds is 5. The van der Waals surface area contributed by atoms with E-state index in [1.165, 1.54) is 16.7 Å². The van der Waals surface area contributed by atoms with Crippen LogP contribution in [-0.2, 0) is 0 Å². The Bertz CT molecular complexity index is 376. The number of allylic oxidation sites excluding steroid dienone is 9. The Labute approximate surface area is 100 Å². The zero-order valence-corrected chi connectivity index (χ0v) is 10.9. The highest BCUT2D eigenvalue weighted by molar-refractivity contribution is 5.46. The molecule has 86 valence electrons. The van der Waals surface area contributed by atoms with Gasteiger partial charge in [0.1, 0.15) is 0 Å². The van der Waals surface area contributed by atoms with Crippen molar-refractivity contribution in [3.63, 3.8) is 0 Å². The van der Waals surface area contributed by atoms with Gasteiger partial charge in [-0.2, -0.15) is 0 Å². The van der Waals surface area contributed by atoms with Crippen LogP contribution in [0.2, 0.25) is 0 Å². The van der Waals surface area contributed by atoms with Crippen LogP contribution in [0.25, 0.3) is 0 Å². The molecule has 0 fully saturated rings. The van der Waals surface area contributed by atoms with E-state index in [4.69, 9.17) is 0 Å². The van der Waals surface area contributed by atoms with E-state index < -0.39 is 0 Å². The first-order valence-electron chi connectivity index (χ1n) is 5.39. The van der Waals surface area contributed by atoms with Gasteiger partial charge in [0.25, 0.3) is 0 Å². The third-order valence-corrected chi connectivity index (χ3v) is 2.14. The van der Waals surface area contributed by atoms with Crippen molar-refractivity contribution in [2.45, 2.75) is 27.7 Å². The van der Waals surface area contributed by atoms with Gasteiger partial charge in [-0.15, -0.1) is 0 Å². The zero-order chi connectivity index (χ0) is 12.7. The first-order chi connectivity index (χ1) is 7.38. The zero-order valence-electron chi connectivity index (χ0n) is 10.9. The van der Waals surface area contributed by atoms with Crippen molar-refractivity contribution in [1.29, 1.82) is 0 Å². The normalized spacial score (nSPS) is 9.75. The molecule has 0 nitrogen and oxygen atoms in total. The lowest BCUT2D eigenvalue weighted by Crippen LogP contribution is -1.81. The van der Waals surface area contributed by atoms with E-state index in [0.717, 1.165) is 11.1 Å². The molecule has 0 heterocycles. The van der Waals surface area contributed by atoms with Gasteiger partial charge >= 0.3 is 0 Å². The van der Waals surface area contributed by atoms with Crippen LogP contribution in [0.1, 0.15) is 27.7 Å². The molecule has 0 aromatic rings. The first kappa shape index (κ1) is 14.4. The third-order valence-electron chi connectivity index (χ3n) is 2.14. The molecule has 0 aliphatic rings. The fraction of sp³-hybridized carbons (Fsp3) is 0.250. The molecule has 0 aromatic carbocycles. The lowest BCUT2D eigenvalue weighted by molar-refractivity contribution is 1.30. The van der Waals surface area contributed by atoms with Gasteiger partial charge in [-0.25, -0.2) is 0 Å². The molecule has 0 N–H and O–H groups in total. The maximum Gasteiger partial charge on any atom is -0.0262 e. The van der Waals surface area contributed by atoms with Crippen LogP contribution in [0.15, 0.2) is 71.9 Å². The Balaban J connectivity index is 4.94. The van der Waals surface area contributed by atoms with Crippen molar-refractivity contribution < 1.29 is 0 Å². The molecular formula is C16H22. The van der Waals surface area contributed by atoms with Crippen molar-refractivity contribution in [1.82, 2.24) is 0 Å². The van der Waals surface area contributed by atoms with E-state index in [0.29, 0.717) is 0 Å². The molecule has 0 rings (SSSR count). The van der Waals surface area contributed by atoms with Gasteiger partial charge in [0, 0.05) is 0 Å². The van der Waals surface area contributed by atoms with Gasteiger partial charge in [0.15, 0.2) is 0 Å². The molecule has 0 radical (unpaired) electrons. The van der Waals surface area contributed by atoms with E-state index >= 15 is 0 Å². The van der Waals surface area contributed by atoms with Crippen molar-refractivity contribution in [3.05, 3.63) is 71.9 Å². The minimum absolute atomic E-state index is 0.863. The van der Waals surface area contributed by atoms with Crippen LogP contribution >= 0.6 is 0 Å². The summed E-state index contributed by atoms with van der Waals surface area (Å²) < 4.78 is 0. The maximum absolute atomic E-state index is 3.94. The minimum Gasteiger partial charge on any atom is -0.0985 e. The Morgan fingerprint density at radius 2 is 1.44 bits per heavy atom. The Kier molecular flexibility index (Phi) is 6.17. The van der Waals surface area contributed by atoms with E-state index in [2.05, 4.69) is 59.6 Å².